The Labute approximate surface area is 156 Å². The second kappa shape index (κ2) is 8.62. The largest absolute Gasteiger partial charge is 0.368 e. The van der Waals surface area contributed by atoms with Crippen LogP contribution in [0.1, 0.15) is 4.88 Å². The minimum Gasteiger partial charge on any atom is -0.368 e. The molecule has 1 saturated heterocycles. The van der Waals surface area contributed by atoms with E-state index in [2.05, 4.69) is 22.3 Å². The zero-order valence-electron chi connectivity index (χ0n) is 14.4. The lowest BCUT2D eigenvalue weighted by molar-refractivity contribution is -0.139. The van der Waals surface area contributed by atoms with E-state index in [1.165, 1.54) is 11.3 Å². The van der Waals surface area contributed by atoms with Crippen LogP contribution in [-0.2, 0) is 20.8 Å². The average Bonchev–Trinajstić information content (AvgIpc) is 3.19. The van der Waals surface area contributed by atoms with E-state index in [1.54, 1.807) is 4.90 Å². The van der Waals surface area contributed by atoms with Crippen molar-refractivity contribution in [2.75, 3.05) is 37.6 Å². The van der Waals surface area contributed by atoms with Crippen molar-refractivity contribution in [3.63, 3.8) is 0 Å². The van der Waals surface area contributed by atoms with Gasteiger partial charge in [0.05, 0.1) is 13.0 Å². The summed E-state index contributed by atoms with van der Waals surface area (Å²) < 4.78 is 0. The number of thiophene rings is 1. The topological polar surface area (TPSA) is 69.7 Å². The number of amides is 2. The molecule has 0 saturated carbocycles. The fourth-order valence-electron chi connectivity index (χ4n) is 2.87. The first-order valence-corrected chi connectivity index (χ1v) is 9.42. The van der Waals surface area contributed by atoms with E-state index in [0.29, 0.717) is 13.1 Å². The van der Waals surface area contributed by atoms with E-state index in [9.17, 15) is 14.4 Å². The average molecular weight is 371 g/mol. The molecule has 0 radical (unpaired) electrons. The quantitative estimate of drug-likeness (QED) is 0.778. The fraction of sp³-hybridized carbons (Fsp3) is 0.316. The number of rotatable bonds is 6. The van der Waals surface area contributed by atoms with Gasteiger partial charge in [0.15, 0.2) is 0 Å². The summed E-state index contributed by atoms with van der Waals surface area (Å²) in [7, 11) is 0. The van der Waals surface area contributed by atoms with Crippen LogP contribution >= 0.6 is 11.3 Å². The van der Waals surface area contributed by atoms with E-state index in [-0.39, 0.29) is 18.9 Å². The van der Waals surface area contributed by atoms with E-state index in [1.807, 2.05) is 35.7 Å². The number of piperazine rings is 1. The van der Waals surface area contributed by atoms with Crippen molar-refractivity contribution in [3.8, 4) is 0 Å². The van der Waals surface area contributed by atoms with Crippen molar-refractivity contribution in [1.82, 2.24) is 10.2 Å². The van der Waals surface area contributed by atoms with Gasteiger partial charge in [-0.05, 0) is 23.6 Å². The van der Waals surface area contributed by atoms with Crippen LogP contribution in [-0.4, -0.2) is 55.2 Å². The molecule has 1 aromatic heterocycles. The van der Waals surface area contributed by atoms with Gasteiger partial charge >= 0.3 is 0 Å². The van der Waals surface area contributed by atoms with Crippen LogP contribution in [0.3, 0.4) is 0 Å². The Bertz CT molecular complexity index is 754. The normalized spacial score (nSPS) is 14.2. The Kier molecular flexibility index (Phi) is 6.01. The van der Waals surface area contributed by atoms with E-state index in [0.717, 1.165) is 23.7 Å². The molecule has 2 heterocycles. The number of carbonyl (C=O) groups is 3. The summed E-state index contributed by atoms with van der Waals surface area (Å²) in [6.07, 6.45) is 0.0768. The highest BCUT2D eigenvalue weighted by atomic mass is 32.1. The molecule has 6 nitrogen and oxygen atoms in total. The van der Waals surface area contributed by atoms with Gasteiger partial charge in [0.1, 0.15) is 0 Å². The molecular formula is C19H21N3O3S. The molecule has 0 atom stereocenters. The van der Waals surface area contributed by atoms with Crippen molar-refractivity contribution in [2.24, 2.45) is 0 Å². The number of nitrogens with zero attached hydrogens (tertiary/aromatic N) is 2. The summed E-state index contributed by atoms with van der Waals surface area (Å²) in [5.74, 6) is -1.38. The van der Waals surface area contributed by atoms with Crippen molar-refractivity contribution in [1.29, 1.82) is 0 Å². The smallest absolute Gasteiger partial charge is 0.288 e. The Balaban J connectivity index is 1.41. The third-order valence-corrected chi connectivity index (χ3v) is 5.20. The maximum atomic E-state index is 12.3. The third-order valence-electron chi connectivity index (χ3n) is 4.32. The molecule has 1 N–H and O–H groups in total. The zero-order valence-corrected chi connectivity index (χ0v) is 15.2. The molecule has 2 aromatic rings. The Morgan fingerprint density at radius 1 is 0.962 bits per heavy atom. The molecule has 0 bridgehead atoms. The summed E-state index contributed by atoms with van der Waals surface area (Å²) in [6, 6.07) is 13.7. The first kappa shape index (κ1) is 18.1. The molecule has 1 aromatic carbocycles. The second-order valence-corrected chi connectivity index (χ2v) is 7.10. The molecule has 1 aliphatic rings. The number of anilines is 1. The monoisotopic (exact) mass is 371 g/mol. The Morgan fingerprint density at radius 3 is 2.35 bits per heavy atom. The SMILES string of the molecule is O=C(Cc1cccs1)C(=O)NCC(=O)N1CCN(c2ccccc2)CC1. The predicted molar refractivity (Wildman–Crippen MR) is 101 cm³/mol. The highest BCUT2D eigenvalue weighted by molar-refractivity contribution is 7.10. The fourth-order valence-corrected chi connectivity index (χ4v) is 3.57. The van der Waals surface area contributed by atoms with Crippen molar-refractivity contribution in [3.05, 3.63) is 52.7 Å². The lowest BCUT2D eigenvalue weighted by atomic mass is 10.2. The first-order valence-electron chi connectivity index (χ1n) is 8.54. The second-order valence-electron chi connectivity index (χ2n) is 6.07. The van der Waals surface area contributed by atoms with Crippen LogP contribution < -0.4 is 10.2 Å². The number of hydrogen-bond donors (Lipinski definition) is 1. The van der Waals surface area contributed by atoms with Gasteiger partial charge in [0.25, 0.3) is 5.91 Å². The van der Waals surface area contributed by atoms with E-state index in [4.69, 9.17) is 0 Å². The van der Waals surface area contributed by atoms with Gasteiger partial charge in [-0.15, -0.1) is 11.3 Å². The van der Waals surface area contributed by atoms with Crippen LogP contribution in [0.5, 0.6) is 0 Å². The van der Waals surface area contributed by atoms with Crippen molar-refractivity contribution >= 4 is 34.6 Å². The molecule has 1 aliphatic heterocycles. The lowest BCUT2D eigenvalue weighted by Crippen LogP contribution is -2.51. The number of Topliss-reactive ketones (excluding diaryl/α,β-unsaturated/α-hetero) is 1. The molecular weight excluding hydrogens is 350 g/mol. The van der Waals surface area contributed by atoms with Crippen LogP contribution in [0.25, 0.3) is 0 Å². The summed E-state index contributed by atoms with van der Waals surface area (Å²) in [5, 5.41) is 4.31. The van der Waals surface area contributed by atoms with Crippen LogP contribution in [0, 0.1) is 0 Å². The molecule has 0 unspecified atom stereocenters. The summed E-state index contributed by atoms with van der Waals surface area (Å²) in [4.78, 5) is 40.8. The maximum Gasteiger partial charge on any atom is 0.288 e. The zero-order chi connectivity index (χ0) is 18.4. The van der Waals surface area contributed by atoms with Gasteiger partial charge in [-0.3, -0.25) is 14.4 Å². The number of para-hydroxylation sites is 1. The van der Waals surface area contributed by atoms with Crippen LogP contribution in [0.15, 0.2) is 47.8 Å². The highest BCUT2D eigenvalue weighted by Crippen LogP contribution is 2.15. The molecule has 2 amide bonds. The van der Waals surface area contributed by atoms with Gasteiger partial charge in [0, 0.05) is 36.7 Å². The van der Waals surface area contributed by atoms with Gasteiger partial charge in [0.2, 0.25) is 11.7 Å². The molecule has 3 rings (SSSR count). The van der Waals surface area contributed by atoms with Crippen molar-refractivity contribution in [2.45, 2.75) is 6.42 Å². The minimum absolute atomic E-state index is 0.0768. The molecule has 0 spiro atoms. The molecule has 1 fully saturated rings. The molecule has 0 aliphatic carbocycles. The Hall–Kier alpha value is -2.67. The van der Waals surface area contributed by atoms with Gasteiger partial charge in [-0.25, -0.2) is 0 Å². The summed E-state index contributed by atoms with van der Waals surface area (Å²) in [6.45, 7) is 2.57. The number of benzene rings is 1. The lowest BCUT2D eigenvalue weighted by Gasteiger charge is -2.36. The number of nitrogens with one attached hydrogen (secondary N) is 1. The third kappa shape index (κ3) is 4.70. The van der Waals surface area contributed by atoms with E-state index >= 15 is 0 Å². The summed E-state index contributed by atoms with van der Waals surface area (Å²) >= 11 is 1.43. The molecule has 26 heavy (non-hydrogen) atoms. The summed E-state index contributed by atoms with van der Waals surface area (Å²) in [5.41, 5.74) is 1.15. The van der Waals surface area contributed by atoms with Crippen LogP contribution in [0.2, 0.25) is 0 Å². The number of ketones is 1. The number of carbonyl (C=O) groups excluding carboxylic acids is 3. The maximum absolute atomic E-state index is 12.3. The van der Waals surface area contributed by atoms with Gasteiger partial charge < -0.3 is 15.1 Å². The minimum atomic E-state index is -0.699. The van der Waals surface area contributed by atoms with Crippen molar-refractivity contribution < 1.29 is 14.4 Å². The van der Waals surface area contributed by atoms with Gasteiger partial charge in [-0.2, -0.15) is 0 Å². The standard InChI is InChI=1S/C19H21N3O3S/c23-17(13-16-7-4-12-26-16)19(25)20-14-18(24)22-10-8-21(9-11-22)15-5-2-1-3-6-15/h1-7,12H,8-11,13-14H2,(H,20,25). The predicted octanol–water partition coefficient (Wildman–Crippen LogP) is 1.32. The number of hydrogen-bond acceptors (Lipinski definition) is 5. The highest BCUT2D eigenvalue weighted by Gasteiger charge is 2.22. The van der Waals surface area contributed by atoms with Gasteiger partial charge in [-0.1, -0.05) is 24.3 Å². The molecule has 7 heteroatoms. The van der Waals surface area contributed by atoms with Crippen LogP contribution in [0.4, 0.5) is 5.69 Å². The van der Waals surface area contributed by atoms with E-state index < -0.39 is 11.7 Å². The first-order chi connectivity index (χ1) is 12.6. The molecule has 136 valence electrons. The Morgan fingerprint density at radius 2 is 1.69 bits per heavy atom.